The fourth-order valence-electron chi connectivity index (χ4n) is 2.64. The van der Waals surface area contributed by atoms with Crippen LogP contribution >= 0.6 is 12.2 Å². The summed E-state index contributed by atoms with van der Waals surface area (Å²) in [5.41, 5.74) is 8.78. The number of nitrogens with two attached hydrogens (primary N) is 1. The second kappa shape index (κ2) is 5.61. The summed E-state index contributed by atoms with van der Waals surface area (Å²) < 4.78 is 0. The van der Waals surface area contributed by atoms with Crippen molar-refractivity contribution in [1.82, 2.24) is 4.90 Å². The summed E-state index contributed by atoms with van der Waals surface area (Å²) in [7, 11) is 0. The third-order valence-corrected chi connectivity index (χ3v) is 3.88. The van der Waals surface area contributed by atoms with Crippen LogP contribution in [0, 0.1) is 0 Å². The highest BCUT2D eigenvalue weighted by Crippen LogP contribution is 2.17. The van der Waals surface area contributed by atoms with E-state index >= 15 is 0 Å². The van der Waals surface area contributed by atoms with Gasteiger partial charge in [-0.1, -0.05) is 43.4 Å². The monoisotopic (exact) mass is 248 g/mol. The quantitative estimate of drug-likeness (QED) is 0.831. The molecule has 0 saturated carbocycles. The largest absolute Gasteiger partial charge is 0.392 e. The second-order valence-electron chi connectivity index (χ2n) is 4.63. The molecule has 0 spiro atoms. The van der Waals surface area contributed by atoms with Crippen LogP contribution in [0.2, 0.25) is 0 Å². The van der Waals surface area contributed by atoms with E-state index in [-0.39, 0.29) is 6.04 Å². The van der Waals surface area contributed by atoms with Crippen molar-refractivity contribution in [2.75, 3.05) is 13.1 Å². The van der Waals surface area contributed by atoms with E-state index in [0.29, 0.717) is 4.99 Å². The lowest BCUT2D eigenvalue weighted by atomic mass is 10.0. The summed E-state index contributed by atoms with van der Waals surface area (Å²) in [5.74, 6) is 0. The van der Waals surface area contributed by atoms with E-state index in [0.717, 1.165) is 32.4 Å². The van der Waals surface area contributed by atoms with Gasteiger partial charge in [0.25, 0.3) is 0 Å². The van der Waals surface area contributed by atoms with Gasteiger partial charge in [-0.2, -0.15) is 0 Å². The van der Waals surface area contributed by atoms with Crippen molar-refractivity contribution in [3.63, 3.8) is 0 Å². The van der Waals surface area contributed by atoms with Crippen LogP contribution in [-0.2, 0) is 12.8 Å². The highest BCUT2D eigenvalue weighted by molar-refractivity contribution is 7.80. The highest BCUT2D eigenvalue weighted by atomic mass is 32.1. The average molecular weight is 248 g/mol. The molecular formula is C14H20N2S. The van der Waals surface area contributed by atoms with E-state index in [4.69, 9.17) is 18.0 Å². The molecule has 2 nitrogen and oxygen atoms in total. The van der Waals surface area contributed by atoms with Crippen LogP contribution < -0.4 is 5.73 Å². The van der Waals surface area contributed by atoms with Crippen molar-refractivity contribution in [1.29, 1.82) is 0 Å². The molecular weight excluding hydrogens is 228 g/mol. The first-order chi connectivity index (χ1) is 8.22. The number of fused-ring (bicyclic) bond motifs is 1. The van der Waals surface area contributed by atoms with Crippen LogP contribution in [0.5, 0.6) is 0 Å². The van der Waals surface area contributed by atoms with Gasteiger partial charge >= 0.3 is 0 Å². The van der Waals surface area contributed by atoms with Crippen LogP contribution in [0.1, 0.15) is 24.5 Å². The first-order valence-corrected chi connectivity index (χ1v) is 6.73. The maximum Gasteiger partial charge on any atom is 0.0901 e. The number of nitrogens with zero attached hydrogens (tertiary/aromatic N) is 1. The van der Waals surface area contributed by atoms with Gasteiger partial charge < -0.3 is 5.73 Å². The fraction of sp³-hybridized carbons (Fsp3) is 0.500. The van der Waals surface area contributed by atoms with Gasteiger partial charge in [0.1, 0.15) is 0 Å². The molecule has 1 unspecified atom stereocenters. The number of benzene rings is 1. The average Bonchev–Trinajstić information content (AvgIpc) is 2.53. The predicted molar refractivity (Wildman–Crippen MR) is 76.3 cm³/mol. The van der Waals surface area contributed by atoms with E-state index in [9.17, 15) is 0 Å². The molecule has 0 fully saturated rings. The van der Waals surface area contributed by atoms with Gasteiger partial charge in [0.05, 0.1) is 11.0 Å². The summed E-state index contributed by atoms with van der Waals surface area (Å²) in [4.78, 5) is 3.07. The van der Waals surface area contributed by atoms with Crippen molar-refractivity contribution in [2.45, 2.75) is 32.2 Å². The molecule has 0 amide bonds. The molecule has 17 heavy (non-hydrogen) atoms. The maximum atomic E-state index is 5.82. The Morgan fingerprint density at radius 1 is 1.29 bits per heavy atom. The van der Waals surface area contributed by atoms with Crippen LogP contribution in [0.15, 0.2) is 24.3 Å². The van der Waals surface area contributed by atoms with Gasteiger partial charge in [0.2, 0.25) is 0 Å². The molecule has 1 aliphatic heterocycles. The molecule has 0 radical (unpaired) electrons. The van der Waals surface area contributed by atoms with Gasteiger partial charge in [0, 0.05) is 13.1 Å². The van der Waals surface area contributed by atoms with E-state index in [1.165, 1.54) is 11.1 Å². The maximum absolute atomic E-state index is 5.82. The Bertz CT molecular complexity index is 376. The Morgan fingerprint density at radius 2 is 1.82 bits per heavy atom. The summed E-state index contributed by atoms with van der Waals surface area (Å²) >= 11 is 5.16. The minimum Gasteiger partial charge on any atom is -0.392 e. The molecule has 1 aliphatic rings. The zero-order valence-corrected chi connectivity index (χ0v) is 11.2. The zero-order chi connectivity index (χ0) is 12.3. The Morgan fingerprint density at radius 3 is 2.24 bits per heavy atom. The number of thiocarbonyl (C=S) groups is 1. The second-order valence-corrected chi connectivity index (χ2v) is 5.10. The van der Waals surface area contributed by atoms with Gasteiger partial charge in [-0.3, -0.25) is 4.90 Å². The lowest BCUT2D eigenvalue weighted by Crippen LogP contribution is -2.44. The van der Waals surface area contributed by atoms with E-state index in [1.54, 1.807) is 0 Å². The summed E-state index contributed by atoms with van der Waals surface area (Å²) in [6.07, 6.45) is 3.22. The van der Waals surface area contributed by atoms with Crippen LogP contribution in [0.3, 0.4) is 0 Å². The molecule has 0 aliphatic carbocycles. The van der Waals surface area contributed by atoms with Crippen molar-refractivity contribution >= 4 is 17.2 Å². The van der Waals surface area contributed by atoms with Gasteiger partial charge in [-0.15, -0.1) is 0 Å². The lowest BCUT2D eigenvalue weighted by Gasteiger charge is -2.28. The summed E-state index contributed by atoms with van der Waals surface area (Å²) in [5, 5.41) is 0. The van der Waals surface area contributed by atoms with Gasteiger partial charge in [0.15, 0.2) is 0 Å². The van der Waals surface area contributed by atoms with Crippen LogP contribution in [-0.4, -0.2) is 29.0 Å². The zero-order valence-electron chi connectivity index (χ0n) is 10.4. The molecule has 0 saturated heterocycles. The van der Waals surface area contributed by atoms with E-state index in [1.807, 2.05) is 0 Å². The van der Waals surface area contributed by atoms with Crippen molar-refractivity contribution in [2.24, 2.45) is 5.73 Å². The van der Waals surface area contributed by atoms with E-state index < -0.39 is 0 Å². The Balaban J connectivity index is 2.11. The smallest absolute Gasteiger partial charge is 0.0901 e. The lowest BCUT2D eigenvalue weighted by molar-refractivity contribution is 0.249. The van der Waals surface area contributed by atoms with Crippen molar-refractivity contribution < 1.29 is 0 Å². The topological polar surface area (TPSA) is 29.3 Å². The number of rotatable bonds is 3. The third kappa shape index (κ3) is 2.85. The molecule has 1 aromatic rings. The highest BCUT2D eigenvalue weighted by Gasteiger charge is 2.21. The number of hydrogen-bond acceptors (Lipinski definition) is 2. The van der Waals surface area contributed by atoms with Gasteiger partial charge in [-0.05, 0) is 30.4 Å². The third-order valence-electron chi connectivity index (χ3n) is 3.61. The van der Waals surface area contributed by atoms with Crippen molar-refractivity contribution in [3.8, 4) is 0 Å². The molecule has 2 N–H and O–H groups in total. The van der Waals surface area contributed by atoms with Crippen molar-refractivity contribution in [3.05, 3.63) is 35.4 Å². The fourth-order valence-corrected chi connectivity index (χ4v) is 2.95. The minimum absolute atomic E-state index is 0.263. The Labute approximate surface area is 109 Å². The predicted octanol–water partition coefficient (Wildman–Crippen LogP) is 2.15. The molecule has 1 heterocycles. The molecule has 0 aromatic heterocycles. The standard InChI is InChI=1S/C14H20N2S/c1-2-13(14(15)17)16-9-7-11-5-3-4-6-12(11)8-10-16/h3-6,13H,2,7-10H2,1H3,(H2,15,17). The first-order valence-electron chi connectivity index (χ1n) is 6.32. The van der Waals surface area contributed by atoms with E-state index in [2.05, 4.69) is 36.1 Å². The van der Waals surface area contributed by atoms with Crippen LogP contribution in [0.4, 0.5) is 0 Å². The molecule has 1 aromatic carbocycles. The summed E-state index contributed by atoms with van der Waals surface area (Å²) in [6.45, 7) is 4.28. The minimum atomic E-state index is 0.263. The number of hydrogen-bond donors (Lipinski definition) is 1. The Hall–Kier alpha value is -0.930. The van der Waals surface area contributed by atoms with Crippen LogP contribution in [0.25, 0.3) is 0 Å². The molecule has 92 valence electrons. The molecule has 1 atom stereocenters. The summed E-state index contributed by atoms with van der Waals surface area (Å²) in [6, 6.07) is 8.99. The molecule has 3 heteroatoms. The molecule has 2 rings (SSSR count). The SMILES string of the molecule is CCC(C(N)=S)N1CCc2ccccc2CC1. The first kappa shape index (κ1) is 12.5. The van der Waals surface area contributed by atoms with Gasteiger partial charge in [-0.25, -0.2) is 0 Å². The molecule has 0 bridgehead atoms. The Kier molecular flexibility index (Phi) is 4.13. The normalized spacial score (nSPS) is 18.2.